The fraction of sp³-hybridized carbons (Fsp3) is 0.600. The zero-order valence-corrected chi connectivity index (χ0v) is 19.0. The van der Waals surface area contributed by atoms with Crippen LogP contribution in [0.25, 0.3) is 0 Å². The number of benzene rings is 1. The summed E-state index contributed by atoms with van der Waals surface area (Å²) in [6, 6.07) is 8.66. The highest BCUT2D eigenvalue weighted by Gasteiger charge is 2.58. The van der Waals surface area contributed by atoms with Crippen molar-refractivity contribution < 1.29 is 9.53 Å². The van der Waals surface area contributed by atoms with E-state index in [2.05, 4.69) is 46.5 Å². The Hall–Kier alpha value is -2.34. The van der Waals surface area contributed by atoms with Gasteiger partial charge in [-0.05, 0) is 56.7 Å². The molecule has 1 aromatic carbocycles. The molecule has 2 atom stereocenters. The molecular weight excluding hydrogens is 388 g/mol. The van der Waals surface area contributed by atoms with Crippen LogP contribution in [0.2, 0.25) is 0 Å². The van der Waals surface area contributed by atoms with E-state index in [1.807, 2.05) is 18.5 Å². The maximum absolute atomic E-state index is 13.7. The number of rotatable bonds is 7. The third-order valence-electron chi connectivity index (χ3n) is 7.47. The lowest BCUT2D eigenvalue weighted by atomic mass is 9.75. The molecule has 0 N–H and O–H groups in total. The summed E-state index contributed by atoms with van der Waals surface area (Å²) in [6.07, 6.45) is 7.61. The maximum Gasteiger partial charge on any atom is 0.230 e. The SMILES string of the molecule is COc1ccc(CN2C[C@@H](c3cn(C(C)C)cn3)[C@]3(CCN(CC4CC4)C3=O)C2)cc1. The Bertz CT molecular complexity index is 933. The number of imidazole rings is 1. The van der Waals surface area contributed by atoms with Crippen LogP contribution in [0.15, 0.2) is 36.8 Å². The second-order valence-corrected chi connectivity index (χ2v) is 10.0. The molecule has 2 aromatic rings. The molecule has 2 saturated heterocycles. The smallest absolute Gasteiger partial charge is 0.230 e. The van der Waals surface area contributed by atoms with Gasteiger partial charge in [0.05, 0.1) is 24.5 Å². The standard InChI is InChI=1S/C25H34N4O2/c1-18(2)29-15-23(26-17-29)22-14-27(12-19-6-8-21(31-3)9-7-19)16-25(22)10-11-28(24(25)30)13-20-4-5-20/h6-9,15,17-18,20,22H,4-5,10-14,16H2,1-3H3/t22-,25-/m0/s1. The van der Waals surface area contributed by atoms with Crippen molar-refractivity contribution in [3.05, 3.63) is 48.0 Å². The molecule has 5 rings (SSSR count). The van der Waals surface area contributed by atoms with Gasteiger partial charge in [-0.15, -0.1) is 0 Å². The second-order valence-electron chi connectivity index (χ2n) is 10.0. The molecule has 0 bridgehead atoms. The summed E-state index contributed by atoms with van der Waals surface area (Å²) in [4.78, 5) is 23.1. The van der Waals surface area contributed by atoms with E-state index in [1.165, 1.54) is 18.4 Å². The Morgan fingerprint density at radius 3 is 2.65 bits per heavy atom. The molecular formula is C25H34N4O2. The Labute approximate surface area is 185 Å². The molecule has 2 aliphatic heterocycles. The van der Waals surface area contributed by atoms with Crippen LogP contribution < -0.4 is 4.74 Å². The number of likely N-dealkylation sites (tertiary alicyclic amines) is 2. The minimum atomic E-state index is -0.336. The molecule has 0 unspecified atom stereocenters. The maximum atomic E-state index is 13.7. The summed E-state index contributed by atoms with van der Waals surface area (Å²) < 4.78 is 7.46. The van der Waals surface area contributed by atoms with Crippen molar-refractivity contribution in [2.75, 3.05) is 33.3 Å². The Morgan fingerprint density at radius 1 is 1.23 bits per heavy atom. The molecule has 6 nitrogen and oxygen atoms in total. The molecule has 31 heavy (non-hydrogen) atoms. The first-order chi connectivity index (χ1) is 15.0. The van der Waals surface area contributed by atoms with Gasteiger partial charge in [0.15, 0.2) is 0 Å². The first-order valence-electron chi connectivity index (χ1n) is 11.7. The van der Waals surface area contributed by atoms with Gasteiger partial charge in [0.1, 0.15) is 5.75 Å². The van der Waals surface area contributed by atoms with Gasteiger partial charge in [0.25, 0.3) is 0 Å². The zero-order chi connectivity index (χ0) is 21.6. The van der Waals surface area contributed by atoms with Crippen molar-refractivity contribution >= 4 is 5.91 Å². The monoisotopic (exact) mass is 422 g/mol. The van der Waals surface area contributed by atoms with Crippen molar-refractivity contribution in [1.82, 2.24) is 19.4 Å². The van der Waals surface area contributed by atoms with E-state index in [0.29, 0.717) is 11.9 Å². The number of methoxy groups -OCH3 is 1. The predicted octanol–water partition coefficient (Wildman–Crippen LogP) is 3.70. The second kappa shape index (κ2) is 7.97. The number of carbonyl (C=O) groups excluding carboxylic acids is 1. The molecule has 3 fully saturated rings. The Morgan fingerprint density at radius 2 is 2.00 bits per heavy atom. The topological polar surface area (TPSA) is 50.6 Å². The number of nitrogens with zero attached hydrogens (tertiary/aromatic N) is 4. The average molecular weight is 423 g/mol. The van der Waals surface area contributed by atoms with Crippen LogP contribution in [0.1, 0.15) is 56.3 Å². The lowest BCUT2D eigenvalue weighted by Gasteiger charge is -2.28. The first kappa shape index (κ1) is 20.6. The van der Waals surface area contributed by atoms with Gasteiger partial charge < -0.3 is 14.2 Å². The number of aromatic nitrogens is 2. The molecule has 1 spiro atoms. The summed E-state index contributed by atoms with van der Waals surface area (Å²) in [5.41, 5.74) is 1.99. The normalized spacial score (nSPS) is 26.5. The third kappa shape index (κ3) is 3.86. The predicted molar refractivity (Wildman–Crippen MR) is 120 cm³/mol. The Balaban J connectivity index is 1.40. The summed E-state index contributed by atoms with van der Waals surface area (Å²) >= 11 is 0. The number of amides is 1. The lowest BCUT2D eigenvalue weighted by molar-refractivity contribution is -0.136. The van der Waals surface area contributed by atoms with Crippen LogP contribution in [0, 0.1) is 11.3 Å². The van der Waals surface area contributed by atoms with Crippen molar-refractivity contribution in [2.24, 2.45) is 11.3 Å². The van der Waals surface area contributed by atoms with E-state index in [-0.39, 0.29) is 11.3 Å². The number of ether oxygens (including phenoxy) is 1. The van der Waals surface area contributed by atoms with Gasteiger partial charge in [0, 0.05) is 50.9 Å². The average Bonchev–Trinajstić information content (AvgIpc) is 3.19. The highest BCUT2D eigenvalue weighted by atomic mass is 16.5. The fourth-order valence-electron chi connectivity index (χ4n) is 5.42. The minimum absolute atomic E-state index is 0.155. The number of hydrogen-bond acceptors (Lipinski definition) is 4. The summed E-state index contributed by atoms with van der Waals surface area (Å²) in [7, 11) is 1.69. The van der Waals surface area contributed by atoms with Gasteiger partial charge in [0.2, 0.25) is 5.91 Å². The van der Waals surface area contributed by atoms with E-state index >= 15 is 0 Å². The lowest BCUT2D eigenvalue weighted by Crippen LogP contribution is -2.40. The fourth-order valence-corrected chi connectivity index (χ4v) is 5.42. The molecule has 1 aromatic heterocycles. The van der Waals surface area contributed by atoms with E-state index in [1.54, 1.807) is 7.11 Å². The molecule has 0 radical (unpaired) electrons. The van der Waals surface area contributed by atoms with Crippen LogP contribution in [-0.4, -0.2) is 58.5 Å². The highest BCUT2D eigenvalue weighted by molar-refractivity contribution is 5.87. The molecule has 166 valence electrons. The summed E-state index contributed by atoms with van der Waals surface area (Å²) in [6.45, 7) is 8.73. The molecule has 3 aliphatic rings. The van der Waals surface area contributed by atoms with Crippen molar-refractivity contribution in [3.8, 4) is 5.75 Å². The zero-order valence-electron chi connectivity index (χ0n) is 19.0. The van der Waals surface area contributed by atoms with E-state index in [4.69, 9.17) is 9.72 Å². The molecule has 1 amide bonds. The van der Waals surface area contributed by atoms with Crippen LogP contribution in [0.4, 0.5) is 0 Å². The van der Waals surface area contributed by atoms with E-state index in [0.717, 1.165) is 56.5 Å². The molecule has 3 heterocycles. The van der Waals surface area contributed by atoms with Gasteiger partial charge in [-0.3, -0.25) is 9.69 Å². The quantitative estimate of drug-likeness (QED) is 0.683. The Kier molecular flexibility index (Phi) is 5.29. The molecule has 1 saturated carbocycles. The molecule has 6 heteroatoms. The largest absolute Gasteiger partial charge is 0.497 e. The van der Waals surface area contributed by atoms with E-state index in [9.17, 15) is 4.79 Å². The first-order valence-corrected chi connectivity index (χ1v) is 11.7. The van der Waals surface area contributed by atoms with Gasteiger partial charge in [-0.25, -0.2) is 4.98 Å². The van der Waals surface area contributed by atoms with Crippen molar-refractivity contribution in [2.45, 2.75) is 51.6 Å². The van der Waals surface area contributed by atoms with Crippen molar-refractivity contribution in [1.29, 1.82) is 0 Å². The van der Waals surface area contributed by atoms with Gasteiger partial charge in [-0.1, -0.05) is 12.1 Å². The van der Waals surface area contributed by atoms with Crippen LogP contribution >= 0.6 is 0 Å². The number of hydrogen-bond donors (Lipinski definition) is 0. The highest BCUT2D eigenvalue weighted by Crippen LogP contribution is 2.50. The van der Waals surface area contributed by atoms with Crippen LogP contribution in [0.3, 0.4) is 0 Å². The van der Waals surface area contributed by atoms with Crippen molar-refractivity contribution in [3.63, 3.8) is 0 Å². The van der Waals surface area contributed by atoms with Gasteiger partial charge >= 0.3 is 0 Å². The summed E-state index contributed by atoms with van der Waals surface area (Å²) in [5, 5.41) is 0. The number of carbonyl (C=O) groups is 1. The third-order valence-corrected chi connectivity index (χ3v) is 7.47. The molecule has 1 aliphatic carbocycles. The van der Waals surface area contributed by atoms with Crippen LogP contribution in [0.5, 0.6) is 5.75 Å². The van der Waals surface area contributed by atoms with E-state index < -0.39 is 0 Å². The van der Waals surface area contributed by atoms with Gasteiger partial charge in [-0.2, -0.15) is 0 Å². The van der Waals surface area contributed by atoms with Crippen LogP contribution in [-0.2, 0) is 11.3 Å². The summed E-state index contributed by atoms with van der Waals surface area (Å²) in [5.74, 6) is 2.12. The minimum Gasteiger partial charge on any atom is -0.497 e.